The van der Waals surface area contributed by atoms with Crippen molar-refractivity contribution in [1.29, 1.82) is 0 Å². The van der Waals surface area contributed by atoms with Crippen molar-refractivity contribution >= 4 is 40.8 Å². The summed E-state index contributed by atoms with van der Waals surface area (Å²) in [4.78, 5) is 41.6. The minimum absolute atomic E-state index is 0.0293. The molecule has 31 heavy (non-hydrogen) atoms. The summed E-state index contributed by atoms with van der Waals surface area (Å²) in [5, 5.41) is 14.5. The molecule has 0 saturated heterocycles. The van der Waals surface area contributed by atoms with Crippen LogP contribution in [0.1, 0.15) is 50.8 Å². The Morgan fingerprint density at radius 2 is 2.00 bits per heavy atom. The average Bonchev–Trinajstić information content (AvgIpc) is 3.14. The summed E-state index contributed by atoms with van der Waals surface area (Å²) in [6.07, 6.45) is 6.08. The molecule has 1 atom stereocenters. The molecule has 164 valence electrons. The molecule has 2 aromatic rings. The normalized spacial score (nSPS) is 18.5. The van der Waals surface area contributed by atoms with Crippen LogP contribution in [0.3, 0.4) is 0 Å². The topological polar surface area (TPSA) is 107 Å². The number of nitro groups is 1. The van der Waals surface area contributed by atoms with Crippen molar-refractivity contribution in [2.75, 3.05) is 11.1 Å². The molecule has 1 amide bonds. The van der Waals surface area contributed by atoms with Crippen molar-refractivity contribution in [1.82, 2.24) is 9.55 Å². The lowest BCUT2D eigenvalue weighted by Gasteiger charge is -2.26. The number of nitrogens with one attached hydrogen (secondary N) is 1. The number of hydrogen-bond donors (Lipinski definition) is 1. The number of non-ortho nitro benzene ring substituents is 1. The van der Waals surface area contributed by atoms with E-state index in [2.05, 4.69) is 12.2 Å². The van der Waals surface area contributed by atoms with Crippen LogP contribution in [0.5, 0.6) is 0 Å². The lowest BCUT2D eigenvalue weighted by atomic mass is 9.95. The maximum atomic E-state index is 13.3. The number of nitro benzene ring substituents is 1. The lowest BCUT2D eigenvalue weighted by molar-refractivity contribution is -0.384. The highest BCUT2D eigenvalue weighted by Gasteiger charge is 2.29. The van der Waals surface area contributed by atoms with Gasteiger partial charge in [0.15, 0.2) is 5.16 Å². The molecule has 1 aromatic heterocycles. The monoisotopic (exact) mass is 460 g/mol. The van der Waals surface area contributed by atoms with E-state index < -0.39 is 4.92 Å². The van der Waals surface area contributed by atoms with Crippen molar-refractivity contribution in [3.8, 4) is 0 Å². The predicted molar refractivity (Wildman–Crippen MR) is 122 cm³/mol. The van der Waals surface area contributed by atoms with E-state index in [9.17, 15) is 19.7 Å². The summed E-state index contributed by atoms with van der Waals surface area (Å²) in [5.41, 5.74) is 1.34. The van der Waals surface area contributed by atoms with Crippen LogP contribution in [0.15, 0.2) is 39.1 Å². The molecule has 1 fully saturated rings. The van der Waals surface area contributed by atoms with E-state index in [1.54, 1.807) is 11.8 Å². The first-order valence-corrected chi connectivity index (χ1v) is 12.3. The van der Waals surface area contributed by atoms with E-state index in [1.165, 1.54) is 42.4 Å². The van der Waals surface area contributed by atoms with Crippen molar-refractivity contribution in [3.05, 3.63) is 50.4 Å². The van der Waals surface area contributed by atoms with Gasteiger partial charge < -0.3 is 5.32 Å². The van der Waals surface area contributed by atoms with Crippen molar-refractivity contribution in [2.45, 2.75) is 66.8 Å². The Bertz CT molecular complexity index is 1050. The van der Waals surface area contributed by atoms with Gasteiger partial charge >= 0.3 is 0 Å². The Morgan fingerprint density at radius 3 is 2.68 bits per heavy atom. The molecule has 8 nitrogen and oxygen atoms in total. The SMILES string of the molecule is CC1Cc2nc(SCC(=O)Nc3ccc([N+](=O)[O-])cc3)n(C3CCCCC3)c(=O)c2S1. The van der Waals surface area contributed by atoms with Crippen LogP contribution in [-0.2, 0) is 11.2 Å². The Morgan fingerprint density at radius 1 is 1.29 bits per heavy atom. The zero-order valence-corrected chi connectivity index (χ0v) is 18.8. The number of carbonyl (C=O) groups is 1. The molecule has 0 spiro atoms. The zero-order valence-electron chi connectivity index (χ0n) is 17.2. The fraction of sp³-hybridized carbons (Fsp3) is 0.476. The summed E-state index contributed by atoms with van der Waals surface area (Å²) in [6, 6.07) is 5.85. The number of benzene rings is 1. The van der Waals surface area contributed by atoms with Gasteiger partial charge in [-0.2, -0.15) is 0 Å². The number of hydrogen-bond acceptors (Lipinski definition) is 7. The first-order valence-electron chi connectivity index (χ1n) is 10.4. The fourth-order valence-electron chi connectivity index (χ4n) is 4.07. The Balaban J connectivity index is 1.51. The smallest absolute Gasteiger partial charge is 0.269 e. The molecule has 1 N–H and O–H groups in total. The first-order chi connectivity index (χ1) is 14.9. The molecule has 1 aliphatic carbocycles. The number of fused-ring (bicyclic) bond motifs is 1. The van der Waals surface area contributed by atoms with Gasteiger partial charge in [-0.3, -0.25) is 24.3 Å². The van der Waals surface area contributed by atoms with Gasteiger partial charge in [0.25, 0.3) is 11.2 Å². The lowest BCUT2D eigenvalue weighted by Crippen LogP contribution is -2.30. The van der Waals surface area contributed by atoms with Crippen LogP contribution in [0, 0.1) is 10.1 Å². The predicted octanol–water partition coefficient (Wildman–Crippen LogP) is 4.42. The molecule has 1 saturated carbocycles. The standard InChI is InChI=1S/C21H24N4O4S2/c1-13-11-17-19(31-13)20(27)24(15-5-3-2-4-6-15)21(23-17)30-12-18(26)22-14-7-9-16(10-8-14)25(28)29/h7-10,13,15H,2-6,11-12H2,1H3,(H,22,26). The van der Waals surface area contributed by atoms with Gasteiger partial charge in [-0.15, -0.1) is 11.8 Å². The second-order valence-corrected chi connectivity index (χ2v) is 10.3. The van der Waals surface area contributed by atoms with E-state index in [0.717, 1.165) is 42.7 Å². The molecular formula is C21H24N4O4S2. The van der Waals surface area contributed by atoms with E-state index in [0.29, 0.717) is 16.1 Å². The third-order valence-corrected chi connectivity index (χ3v) is 7.71. The van der Waals surface area contributed by atoms with E-state index in [-0.39, 0.29) is 28.9 Å². The molecule has 2 heterocycles. The second kappa shape index (κ2) is 9.44. The molecule has 0 bridgehead atoms. The number of anilines is 1. The maximum absolute atomic E-state index is 13.3. The highest BCUT2D eigenvalue weighted by atomic mass is 32.2. The summed E-state index contributed by atoms with van der Waals surface area (Å²) >= 11 is 2.88. The Kier molecular flexibility index (Phi) is 6.66. The molecule has 0 radical (unpaired) electrons. The van der Waals surface area contributed by atoms with Gasteiger partial charge in [-0.1, -0.05) is 37.9 Å². The largest absolute Gasteiger partial charge is 0.325 e. The molecule has 10 heteroatoms. The molecule has 2 aliphatic rings. The quantitative estimate of drug-likeness (QED) is 0.294. The van der Waals surface area contributed by atoms with Crippen LogP contribution in [0.4, 0.5) is 11.4 Å². The Labute approximate surface area is 188 Å². The molecule has 1 aromatic carbocycles. The van der Waals surface area contributed by atoms with Gasteiger partial charge in [0, 0.05) is 35.5 Å². The third-order valence-electron chi connectivity index (χ3n) is 5.55. The number of thioether (sulfide) groups is 2. The average molecular weight is 461 g/mol. The van der Waals surface area contributed by atoms with E-state index in [1.807, 2.05) is 4.57 Å². The van der Waals surface area contributed by atoms with Gasteiger partial charge in [0.2, 0.25) is 5.91 Å². The molecule has 1 unspecified atom stereocenters. The van der Waals surface area contributed by atoms with E-state index in [4.69, 9.17) is 4.98 Å². The zero-order chi connectivity index (χ0) is 22.0. The molecule has 4 rings (SSSR count). The Hall–Kier alpha value is -2.33. The van der Waals surface area contributed by atoms with Crippen molar-refractivity contribution < 1.29 is 9.72 Å². The minimum Gasteiger partial charge on any atom is -0.325 e. The van der Waals surface area contributed by atoms with Crippen LogP contribution >= 0.6 is 23.5 Å². The number of nitrogens with zero attached hydrogens (tertiary/aromatic N) is 3. The van der Waals surface area contributed by atoms with Gasteiger partial charge in [0.1, 0.15) is 0 Å². The van der Waals surface area contributed by atoms with Crippen LogP contribution in [-0.4, -0.2) is 31.4 Å². The van der Waals surface area contributed by atoms with Gasteiger partial charge in [0.05, 0.1) is 21.3 Å². The van der Waals surface area contributed by atoms with Crippen molar-refractivity contribution in [2.24, 2.45) is 0 Å². The number of amides is 1. The second-order valence-electron chi connectivity index (χ2n) is 7.91. The summed E-state index contributed by atoms with van der Waals surface area (Å²) < 4.78 is 1.83. The third kappa shape index (κ3) is 4.95. The molecular weight excluding hydrogens is 436 g/mol. The maximum Gasteiger partial charge on any atom is 0.269 e. The van der Waals surface area contributed by atoms with Crippen LogP contribution < -0.4 is 10.9 Å². The van der Waals surface area contributed by atoms with Gasteiger partial charge in [-0.05, 0) is 25.0 Å². The number of carbonyl (C=O) groups excluding carboxylic acids is 1. The highest BCUT2D eigenvalue weighted by Crippen LogP contribution is 2.37. The van der Waals surface area contributed by atoms with Crippen molar-refractivity contribution in [3.63, 3.8) is 0 Å². The summed E-state index contributed by atoms with van der Waals surface area (Å²) in [5.74, 6) is -0.135. The van der Waals surface area contributed by atoms with Crippen LogP contribution in [0.2, 0.25) is 0 Å². The summed E-state index contributed by atoms with van der Waals surface area (Å²) in [7, 11) is 0. The van der Waals surface area contributed by atoms with E-state index >= 15 is 0 Å². The highest BCUT2D eigenvalue weighted by molar-refractivity contribution is 8.00. The van der Waals surface area contributed by atoms with Crippen LogP contribution in [0.25, 0.3) is 0 Å². The summed E-state index contributed by atoms with van der Waals surface area (Å²) in [6.45, 7) is 2.10. The minimum atomic E-state index is -0.482. The number of aromatic nitrogens is 2. The molecule has 1 aliphatic heterocycles. The fourth-order valence-corrected chi connectivity index (χ4v) is 6.05. The first kappa shape index (κ1) is 21.9. The number of rotatable bonds is 6. The van der Waals surface area contributed by atoms with Gasteiger partial charge in [-0.25, -0.2) is 4.98 Å².